The quantitative estimate of drug-likeness (QED) is 0.442. The maximum atomic E-state index is 11.3. The molecule has 86 valence electrons. The fourth-order valence-electron chi connectivity index (χ4n) is 1.92. The summed E-state index contributed by atoms with van der Waals surface area (Å²) in [7, 11) is 0. The summed E-state index contributed by atoms with van der Waals surface area (Å²) in [6.45, 7) is 2.03. The first-order chi connectivity index (χ1) is 8.22. The molecule has 17 heavy (non-hydrogen) atoms. The normalized spacial score (nSPS) is 22.8. The fraction of sp³-hybridized carbons (Fsp3) is 0.308. The Bertz CT molecular complexity index is 501. The Morgan fingerprint density at radius 1 is 1.47 bits per heavy atom. The Hall–Kier alpha value is -2.06. The van der Waals surface area contributed by atoms with E-state index in [1.54, 1.807) is 0 Å². The van der Waals surface area contributed by atoms with Gasteiger partial charge in [0.2, 0.25) is 5.91 Å². The van der Waals surface area contributed by atoms with Gasteiger partial charge in [0, 0.05) is 10.8 Å². The van der Waals surface area contributed by atoms with Gasteiger partial charge < -0.3 is 0 Å². The molecular formula is C13H13N3O. The topological polar surface area (TPSA) is 65.8 Å². The lowest BCUT2D eigenvalue weighted by Gasteiger charge is -2.00. The van der Waals surface area contributed by atoms with Gasteiger partial charge in [0.1, 0.15) is 0 Å². The first-order valence-corrected chi connectivity index (χ1v) is 5.55. The largest absolute Gasteiger partial charge is 0.292 e. The van der Waals surface area contributed by atoms with Crippen LogP contribution in [0.3, 0.4) is 0 Å². The van der Waals surface area contributed by atoms with Crippen molar-refractivity contribution >= 4 is 11.5 Å². The Balaban J connectivity index is 2.04. The molecule has 2 unspecified atom stereocenters. The molecule has 1 fully saturated rings. The highest BCUT2D eigenvalue weighted by atomic mass is 16.2. The molecule has 1 aromatic rings. The standard InChI is InChI=1S/C13H13N3O/c1-9(10-5-3-2-4-6-10)7-11-8-12(11)13(17)15-16-14/h2-7,11-12H,8H2,1H3/b9-7+. The minimum atomic E-state index is -0.338. The molecule has 0 N–H and O–H groups in total. The molecule has 0 radical (unpaired) electrons. The van der Waals surface area contributed by atoms with Crippen LogP contribution in [0.5, 0.6) is 0 Å². The molecule has 2 rings (SSSR count). The van der Waals surface area contributed by atoms with Crippen molar-refractivity contribution in [1.82, 2.24) is 0 Å². The van der Waals surface area contributed by atoms with E-state index in [9.17, 15) is 4.79 Å². The molecule has 1 saturated carbocycles. The van der Waals surface area contributed by atoms with Crippen LogP contribution >= 0.6 is 0 Å². The smallest absolute Gasteiger partial charge is 0.222 e. The van der Waals surface area contributed by atoms with Crippen LogP contribution in [0.15, 0.2) is 41.5 Å². The van der Waals surface area contributed by atoms with E-state index < -0.39 is 0 Å². The average Bonchev–Trinajstić information content (AvgIpc) is 3.10. The van der Waals surface area contributed by atoms with Crippen LogP contribution < -0.4 is 0 Å². The van der Waals surface area contributed by atoms with Crippen LogP contribution in [0.25, 0.3) is 16.0 Å². The molecule has 0 aromatic heterocycles. The molecule has 0 saturated heterocycles. The van der Waals surface area contributed by atoms with Crippen molar-refractivity contribution in [1.29, 1.82) is 0 Å². The van der Waals surface area contributed by atoms with E-state index in [1.807, 2.05) is 37.3 Å². The Morgan fingerprint density at radius 2 is 2.18 bits per heavy atom. The molecule has 0 spiro atoms. The Kier molecular flexibility index (Phi) is 3.26. The second-order valence-electron chi connectivity index (χ2n) is 4.25. The third kappa shape index (κ3) is 2.74. The van der Waals surface area contributed by atoms with E-state index in [0.717, 1.165) is 17.6 Å². The molecule has 1 amide bonds. The summed E-state index contributed by atoms with van der Waals surface area (Å²) < 4.78 is 0. The third-order valence-electron chi connectivity index (χ3n) is 2.99. The number of amides is 1. The maximum absolute atomic E-state index is 11.3. The van der Waals surface area contributed by atoms with Crippen LogP contribution in [0.2, 0.25) is 0 Å². The predicted molar refractivity (Wildman–Crippen MR) is 65.8 cm³/mol. The van der Waals surface area contributed by atoms with Crippen LogP contribution in [0.1, 0.15) is 18.9 Å². The van der Waals surface area contributed by atoms with Crippen molar-refractivity contribution in [2.24, 2.45) is 17.0 Å². The van der Waals surface area contributed by atoms with E-state index in [-0.39, 0.29) is 17.7 Å². The van der Waals surface area contributed by atoms with Crippen LogP contribution in [0, 0.1) is 11.8 Å². The van der Waals surface area contributed by atoms with Gasteiger partial charge in [-0.05, 0) is 41.0 Å². The van der Waals surface area contributed by atoms with E-state index in [1.165, 1.54) is 0 Å². The lowest BCUT2D eigenvalue weighted by Crippen LogP contribution is -1.95. The first-order valence-electron chi connectivity index (χ1n) is 5.55. The average molecular weight is 227 g/mol. The minimum absolute atomic E-state index is 0.107. The number of allylic oxidation sites excluding steroid dienone is 2. The maximum Gasteiger partial charge on any atom is 0.222 e. The summed E-state index contributed by atoms with van der Waals surface area (Å²) in [4.78, 5) is 13.8. The van der Waals surface area contributed by atoms with E-state index >= 15 is 0 Å². The molecule has 4 heteroatoms. The van der Waals surface area contributed by atoms with Gasteiger partial charge in [0.05, 0.1) is 0 Å². The SMILES string of the molecule is C/C(=C\C1CC1C(=O)N=[N+]=[N-])c1ccccc1. The van der Waals surface area contributed by atoms with Crippen molar-refractivity contribution in [3.63, 3.8) is 0 Å². The fourth-order valence-corrected chi connectivity index (χ4v) is 1.92. The number of azide groups is 1. The molecule has 2 atom stereocenters. The summed E-state index contributed by atoms with van der Waals surface area (Å²) in [5.41, 5.74) is 10.5. The van der Waals surface area contributed by atoms with Gasteiger partial charge in [-0.15, -0.1) is 0 Å². The zero-order chi connectivity index (χ0) is 12.3. The zero-order valence-electron chi connectivity index (χ0n) is 9.58. The lowest BCUT2D eigenvalue weighted by molar-refractivity contribution is -0.119. The van der Waals surface area contributed by atoms with E-state index in [2.05, 4.69) is 16.1 Å². The number of carbonyl (C=O) groups excluding carboxylic acids is 1. The van der Waals surface area contributed by atoms with Gasteiger partial charge in [-0.25, -0.2) is 0 Å². The Labute approximate surface area is 99.6 Å². The molecule has 0 aliphatic heterocycles. The van der Waals surface area contributed by atoms with Gasteiger partial charge in [-0.3, -0.25) is 4.79 Å². The number of hydrogen-bond acceptors (Lipinski definition) is 1. The number of carbonyl (C=O) groups is 1. The first kappa shape index (κ1) is 11.4. The van der Waals surface area contributed by atoms with Gasteiger partial charge in [-0.1, -0.05) is 36.4 Å². The van der Waals surface area contributed by atoms with Gasteiger partial charge in [0.25, 0.3) is 0 Å². The lowest BCUT2D eigenvalue weighted by atomic mass is 10.1. The number of nitrogens with zero attached hydrogens (tertiary/aromatic N) is 3. The molecule has 0 bridgehead atoms. The van der Waals surface area contributed by atoms with Crippen molar-refractivity contribution in [2.75, 3.05) is 0 Å². The van der Waals surface area contributed by atoms with Crippen LogP contribution in [0.4, 0.5) is 0 Å². The zero-order valence-corrected chi connectivity index (χ0v) is 9.58. The van der Waals surface area contributed by atoms with Crippen molar-refractivity contribution in [2.45, 2.75) is 13.3 Å². The van der Waals surface area contributed by atoms with E-state index in [0.29, 0.717) is 0 Å². The summed E-state index contributed by atoms with van der Waals surface area (Å²) in [5.74, 6) is -0.215. The molecular weight excluding hydrogens is 214 g/mol. The summed E-state index contributed by atoms with van der Waals surface area (Å²) >= 11 is 0. The summed E-state index contributed by atoms with van der Waals surface area (Å²) in [5, 5.41) is 3.13. The highest BCUT2D eigenvalue weighted by Gasteiger charge is 2.40. The monoisotopic (exact) mass is 227 g/mol. The number of rotatable bonds is 3. The second kappa shape index (κ2) is 4.85. The number of benzene rings is 1. The summed E-state index contributed by atoms with van der Waals surface area (Å²) in [6, 6.07) is 10.0. The molecule has 1 aromatic carbocycles. The minimum Gasteiger partial charge on any atom is -0.292 e. The Morgan fingerprint density at radius 3 is 2.82 bits per heavy atom. The van der Waals surface area contributed by atoms with Gasteiger partial charge in [0.15, 0.2) is 0 Å². The van der Waals surface area contributed by atoms with Gasteiger partial charge >= 0.3 is 0 Å². The van der Waals surface area contributed by atoms with Crippen molar-refractivity contribution in [3.8, 4) is 0 Å². The van der Waals surface area contributed by atoms with Crippen LogP contribution in [-0.2, 0) is 4.79 Å². The molecule has 1 aliphatic rings. The van der Waals surface area contributed by atoms with Crippen molar-refractivity contribution in [3.05, 3.63) is 52.4 Å². The van der Waals surface area contributed by atoms with Crippen molar-refractivity contribution < 1.29 is 4.79 Å². The predicted octanol–water partition coefficient (Wildman–Crippen LogP) is 3.56. The van der Waals surface area contributed by atoms with E-state index in [4.69, 9.17) is 5.53 Å². The van der Waals surface area contributed by atoms with Crippen LogP contribution in [-0.4, -0.2) is 5.91 Å². The molecule has 1 aliphatic carbocycles. The summed E-state index contributed by atoms with van der Waals surface area (Å²) in [6.07, 6.45) is 2.88. The second-order valence-corrected chi connectivity index (χ2v) is 4.25. The highest BCUT2D eigenvalue weighted by Crippen LogP contribution is 2.42. The third-order valence-corrected chi connectivity index (χ3v) is 2.99. The van der Waals surface area contributed by atoms with Gasteiger partial charge in [-0.2, -0.15) is 0 Å². The molecule has 4 nitrogen and oxygen atoms in total. The molecule has 0 heterocycles. The highest BCUT2D eigenvalue weighted by molar-refractivity contribution is 5.83. The number of hydrogen-bond donors (Lipinski definition) is 0.